The van der Waals surface area contributed by atoms with E-state index in [0.29, 0.717) is 29.5 Å². The van der Waals surface area contributed by atoms with Gasteiger partial charge in [-0.1, -0.05) is 0 Å². The molecule has 3 aromatic carbocycles. The van der Waals surface area contributed by atoms with E-state index in [9.17, 15) is 29.8 Å². The first-order chi connectivity index (χ1) is 33.4. The lowest BCUT2D eigenvalue weighted by atomic mass is 9.79. The minimum atomic E-state index is -0.948. The molecule has 4 N–H and O–H groups in total. The Labute approximate surface area is 480 Å². The van der Waals surface area contributed by atoms with E-state index in [0.717, 1.165) is 80.5 Å². The lowest BCUT2D eigenvalue weighted by Gasteiger charge is -2.50. The lowest BCUT2D eigenvalue weighted by Crippen LogP contribution is -2.62. The average Bonchev–Trinajstić information content (AvgIpc) is 4.03. The van der Waals surface area contributed by atoms with Crippen molar-refractivity contribution in [2.45, 2.75) is 230 Å². The van der Waals surface area contributed by atoms with Crippen molar-refractivity contribution in [3.8, 4) is 0 Å². The van der Waals surface area contributed by atoms with E-state index in [1.165, 1.54) is 0 Å². The Kier molecular flexibility index (Phi) is 14.1. The molecule has 10 rings (SSSR count). The monoisotopic (exact) mass is 1210 g/mol. The van der Waals surface area contributed by atoms with Crippen LogP contribution >= 0.6 is 141 Å². The van der Waals surface area contributed by atoms with Crippen LogP contribution in [0.1, 0.15) is 177 Å². The number of benzene rings is 3. The quantitative estimate of drug-likeness (QED) is 0.150. The number of hydrogen-bond donors (Lipinski definition) is 4. The number of carboxylic acids is 2. The van der Waals surface area contributed by atoms with Crippen molar-refractivity contribution in [3.05, 3.63) is 33.4 Å². The highest BCUT2D eigenvalue weighted by atomic mass is 32.2. The van der Waals surface area contributed by atoms with Crippen LogP contribution in [0.4, 0.5) is 0 Å². The Bertz CT molecular complexity index is 2750. The number of carbonyl (C=O) groups excluding carboxylic acids is 2. The molecule has 22 heteroatoms. The maximum atomic E-state index is 15.2. The summed E-state index contributed by atoms with van der Waals surface area (Å²) in [6, 6.07) is -0.238. The molecule has 2 amide bonds. The van der Waals surface area contributed by atoms with Crippen molar-refractivity contribution >= 4 is 165 Å². The van der Waals surface area contributed by atoms with Crippen LogP contribution in [0, 0.1) is 0 Å². The van der Waals surface area contributed by atoms with Gasteiger partial charge in [0.2, 0.25) is 5.91 Å². The fraction of sp³-hybridized carbons (Fsp3) is 0.569. The van der Waals surface area contributed by atoms with Crippen LogP contribution in [0.3, 0.4) is 0 Å². The van der Waals surface area contributed by atoms with Crippen LogP contribution in [0.25, 0.3) is 0 Å². The molecule has 0 aromatic heterocycles. The summed E-state index contributed by atoms with van der Waals surface area (Å²) in [5, 5.41) is 43.0. The summed E-state index contributed by atoms with van der Waals surface area (Å²) in [7, 11) is 0. The fourth-order valence-corrected chi connectivity index (χ4v) is 28.9. The van der Waals surface area contributed by atoms with Gasteiger partial charge in [-0.3, -0.25) is 9.59 Å². The maximum Gasteiger partial charge on any atom is 0.338 e. The number of fused-ring (bicyclic) bond motifs is 6. The Balaban J connectivity index is 1.25. The van der Waals surface area contributed by atoms with E-state index in [2.05, 4.69) is 93.7 Å². The largest absolute Gasteiger partial charge is 0.478 e. The van der Waals surface area contributed by atoms with Gasteiger partial charge in [0.15, 0.2) is 0 Å². The molecular formula is C51H60N3O7S12. The number of piperidine rings is 1. The SMILES string of the molecule is CC1(C)Sc2c(c(C(c3c4c(c(C(=O)O)c5c3SC(C)(C)S5)SC(C)(C)S4)c3c4c(c(C(=O)NCC(=O)NC5CC(C)(C)N([O])C(C)(C)C5)c5c3SC(C)(C)S5)SC(C)(C)S4)c3c(c2C(=O)O)SC(C)(C)S3)S1. The summed E-state index contributed by atoms with van der Waals surface area (Å²) in [6.45, 7) is 33.4. The smallest absolute Gasteiger partial charge is 0.338 e. The second-order valence-electron chi connectivity index (χ2n) is 23.3. The Morgan fingerprint density at radius 1 is 0.452 bits per heavy atom. The van der Waals surface area contributed by atoms with Crippen molar-refractivity contribution in [2.75, 3.05) is 6.54 Å². The van der Waals surface area contributed by atoms with Crippen LogP contribution in [-0.2, 0) is 10.0 Å². The number of nitrogens with one attached hydrogen (secondary N) is 2. The molecule has 7 aliphatic heterocycles. The van der Waals surface area contributed by atoms with E-state index in [1.54, 1.807) is 141 Å². The van der Waals surface area contributed by atoms with Gasteiger partial charge < -0.3 is 20.8 Å². The third kappa shape index (κ3) is 9.98. The number of rotatable bonds is 9. The number of carboxylic acid groups (broad SMARTS) is 2. The van der Waals surface area contributed by atoms with Crippen LogP contribution in [-0.4, -0.2) is 87.2 Å². The number of hydrogen-bond acceptors (Lipinski definition) is 17. The van der Waals surface area contributed by atoms with Crippen molar-refractivity contribution in [2.24, 2.45) is 0 Å². The molecule has 0 unspecified atom stereocenters. The molecule has 0 spiro atoms. The topological polar surface area (TPSA) is 156 Å². The first-order valence-electron chi connectivity index (χ1n) is 23.9. The van der Waals surface area contributed by atoms with Gasteiger partial charge in [-0.2, -0.15) is 0 Å². The molecule has 7 heterocycles. The first kappa shape index (κ1) is 56.0. The first-order valence-corrected chi connectivity index (χ1v) is 33.7. The highest BCUT2D eigenvalue weighted by molar-refractivity contribution is 8.23. The highest BCUT2D eigenvalue weighted by Gasteiger charge is 2.54. The number of amides is 2. The molecule has 73 heavy (non-hydrogen) atoms. The van der Waals surface area contributed by atoms with Gasteiger partial charge in [-0.25, -0.2) is 9.59 Å². The second-order valence-corrected chi connectivity index (χ2v) is 44.4. The molecule has 0 aliphatic carbocycles. The molecule has 10 nitrogen and oxygen atoms in total. The Hall–Kier alpha value is -0.340. The molecule has 3 aromatic rings. The predicted molar refractivity (Wildman–Crippen MR) is 313 cm³/mol. The molecule has 7 aliphatic rings. The summed E-state index contributed by atoms with van der Waals surface area (Å²) in [5.74, 6) is -3.06. The van der Waals surface area contributed by atoms with Crippen molar-refractivity contribution in [3.63, 3.8) is 0 Å². The third-order valence-corrected chi connectivity index (χ3v) is 30.2. The van der Waals surface area contributed by atoms with Gasteiger partial charge in [0.1, 0.15) is 0 Å². The Morgan fingerprint density at radius 3 is 0.959 bits per heavy atom. The number of thioether (sulfide) groups is 12. The van der Waals surface area contributed by atoms with Crippen LogP contribution in [0.15, 0.2) is 58.7 Å². The predicted octanol–water partition coefficient (Wildman–Crippen LogP) is 16.1. The van der Waals surface area contributed by atoms with Crippen molar-refractivity contribution in [1.29, 1.82) is 0 Å². The molecule has 1 saturated heterocycles. The molecule has 393 valence electrons. The third-order valence-electron chi connectivity index (χ3n) is 13.1. The summed E-state index contributed by atoms with van der Waals surface area (Å²) in [4.78, 5) is 67.1. The van der Waals surface area contributed by atoms with Crippen LogP contribution < -0.4 is 10.6 Å². The Morgan fingerprint density at radius 2 is 0.699 bits per heavy atom. The minimum absolute atomic E-state index is 0.235. The average molecular weight is 1210 g/mol. The molecule has 1 radical (unpaired) electrons. The summed E-state index contributed by atoms with van der Waals surface area (Å²) in [6.07, 6.45) is 0.970. The van der Waals surface area contributed by atoms with E-state index in [-0.39, 0.29) is 24.4 Å². The normalized spacial score (nSPS) is 23.6. The van der Waals surface area contributed by atoms with Crippen LogP contribution in [0.5, 0.6) is 0 Å². The molecule has 0 atom stereocenters. The summed E-state index contributed by atoms with van der Waals surface area (Å²) >= 11 is 20.1. The van der Waals surface area contributed by atoms with E-state index in [1.807, 2.05) is 27.7 Å². The molecular weight excluding hydrogens is 1150 g/mol. The molecule has 1 fully saturated rings. The zero-order valence-corrected chi connectivity index (χ0v) is 53.4. The van der Waals surface area contributed by atoms with Gasteiger partial charge in [0.05, 0.1) is 47.7 Å². The van der Waals surface area contributed by atoms with Gasteiger partial charge >= 0.3 is 11.9 Å². The standard InChI is InChI=1S/C51H60N3O7S12/c1-44(2)17-20(18-45(3,4)54(44)61)53-21(55)19-52-41(56)26-35-29(62-46(5,6)68-35)23(30-36(26)69-47(7,8)63-30)22(24-31-37(70-48(9,10)64-31)27(42(57)58)38-32(24)65-49(11,12)71-38)25-33-39(72-50(13,14)66-33)28(43(59)60)40-34(25)67-51(15,16)73-40/h20,22H,17-19H2,1-16H3,(H,52,56)(H,53,55)(H,57,58)(H,59,60). The molecule has 0 bridgehead atoms. The number of hydroxylamine groups is 2. The zero-order chi connectivity index (χ0) is 53.5. The highest BCUT2D eigenvalue weighted by Crippen LogP contribution is 2.75. The number of carbonyl (C=O) groups is 4. The van der Waals surface area contributed by atoms with Gasteiger partial charge in [0.25, 0.3) is 5.91 Å². The summed E-state index contributed by atoms with van der Waals surface area (Å²) < 4.78 is -2.45. The lowest BCUT2D eigenvalue weighted by molar-refractivity contribution is -0.290. The van der Waals surface area contributed by atoms with Crippen molar-refractivity contribution < 1.29 is 34.6 Å². The fourth-order valence-electron chi connectivity index (χ4n) is 11.0. The van der Waals surface area contributed by atoms with Crippen LogP contribution in [0.2, 0.25) is 0 Å². The van der Waals surface area contributed by atoms with E-state index in [4.69, 9.17) is 0 Å². The second kappa shape index (κ2) is 18.3. The zero-order valence-electron chi connectivity index (χ0n) is 43.6. The van der Waals surface area contributed by atoms with Gasteiger partial charge in [-0.15, -0.1) is 151 Å². The minimum Gasteiger partial charge on any atom is -0.478 e. The summed E-state index contributed by atoms with van der Waals surface area (Å²) in [5.41, 5.74) is 3.07. The van der Waals surface area contributed by atoms with Gasteiger partial charge in [-0.05, 0) is 140 Å². The van der Waals surface area contributed by atoms with E-state index >= 15 is 4.79 Å². The maximum absolute atomic E-state index is 15.2. The number of nitrogens with zero attached hydrogens (tertiary/aromatic N) is 1. The number of aromatic carboxylic acids is 2. The molecule has 0 saturated carbocycles. The van der Waals surface area contributed by atoms with Crippen molar-refractivity contribution in [1.82, 2.24) is 15.7 Å². The van der Waals surface area contributed by atoms with E-state index < -0.39 is 53.4 Å². The van der Waals surface area contributed by atoms with Gasteiger partial charge in [0, 0.05) is 81.8 Å².